The van der Waals surface area contributed by atoms with Crippen LogP contribution < -0.4 is 4.74 Å². The van der Waals surface area contributed by atoms with Gasteiger partial charge < -0.3 is 9.26 Å². The van der Waals surface area contributed by atoms with Crippen LogP contribution in [0, 0.1) is 6.92 Å². The third kappa shape index (κ3) is 3.04. The van der Waals surface area contributed by atoms with Crippen LogP contribution in [-0.2, 0) is 0 Å². The highest BCUT2D eigenvalue weighted by Crippen LogP contribution is 2.28. The Kier molecular flexibility index (Phi) is 4.24. The summed E-state index contributed by atoms with van der Waals surface area (Å²) in [7, 11) is 1.69. The topological polar surface area (TPSA) is 51.4 Å². The molecule has 1 aromatic heterocycles. The third-order valence-electron chi connectivity index (χ3n) is 4.15. The van der Waals surface area contributed by atoms with Crippen molar-refractivity contribution in [3.63, 3.8) is 0 Å². The molecule has 1 atom stereocenters. The van der Waals surface area contributed by atoms with Crippen LogP contribution in [0.2, 0.25) is 0 Å². The first-order valence-corrected chi connectivity index (χ1v) is 7.55. The quantitative estimate of drug-likeness (QED) is 0.867. The Labute approximate surface area is 130 Å². The summed E-state index contributed by atoms with van der Waals surface area (Å²) in [6, 6.07) is 8.39. The molecule has 2 heterocycles. The molecule has 0 spiro atoms. The highest BCUT2D eigenvalue weighted by Gasteiger charge is 2.23. The lowest BCUT2D eigenvalue weighted by Gasteiger charge is -2.29. The summed E-state index contributed by atoms with van der Waals surface area (Å²) in [5, 5.41) is 3.87. The predicted molar refractivity (Wildman–Crippen MR) is 84.6 cm³/mol. The molecular weight excluding hydrogens is 278 g/mol. The SMILES string of the molecule is COc1ccc(C2=CCN([C@@H](C)c3nc(C)no3)CC2)cc1. The van der Waals surface area contributed by atoms with Crippen molar-refractivity contribution < 1.29 is 9.26 Å². The fourth-order valence-electron chi connectivity index (χ4n) is 2.74. The maximum Gasteiger partial charge on any atom is 0.243 e. The average molecular weight is 299 g/mol. The fraction of sp³-hybridized carbons (Fsp3) is 0.412. The van der Waals surface area contributed by atoms with E-state index in [1.807, 2.05) is 19.1 Å². The van der Waals surface area contributed by atoms with Gasteiger partial charge in [0.1, 0.15) is 5.75 Å². The molecule has 0 saturated heterocycles. The molecule has 0 unspecified atom stereocenters. The van der Waals surface area contributed by atoms with Crippen LogP contribution >= 0.6 is 0 Å². The number of aryl methyl sites for hydroxylation is 1. The summed E-state index contributed by atoms with van der Waals surface area (Å²) in [5.41, 5.74) is 2.65. The number of ether oxygens (including phenoxy) is 1. The average Bonchev–Trinajstić information content (AvgIpc) is 3.01. The van der Waals surface area contributed by atoms with Crippen molar-refractivity contribution in [2.24, 2.45) is 0 Å². The molecule has 0 amide bonds. The van der Waals surface area contributed by atoms with Gasteiger partial charge in [0.15, 0.2) is 5.82 Å². The molecule has 2 aromatic rings. The van der Waals surface area contributed by atoms with Crippen LogP contribution in [0.4, 0.5) is 0 Å². The van der Waals surface area contributed by atoms with Crippen LogP contribution in [-0.4, -0.2) is 35.2 Å². The van der Waals surface area contributed by atoms with E-state index in [1.54, 1.807) is 7.11 Å². The van der Waals surface area contributed by atoms with Crippen LogP contribution in [0.5, 0.6) is 5.75 Å². The van der Waals surface area contributed by atoms with E-state index in [4.69, 9.17) is 9.26 Å². The van der Waals surface area contributed by atoms with Crippen molar-refractivity contribution in [1.82, 2.24) is 15.0 Å². The number of nitrogens with zero attached hydrogens (tertiary/aromatic N) is 3. The van der Waals surface area contributed by atoms with Crippen LogP contribution in [0.1, 0.15) is 36.7 Å². The second-order valence-electron chi connectivity index (χ2n) is 5.56. The number of methoxy groups -OCH3 is 1. The van der Waals surface area contributed by atoms with Gasteiger partial charge in [0.25, 0.3) is 0 Å². The molecular formula is C17H21N3O2. The Morgan fingerprint density at radius 1 is 1.27 bits per heavy atom. The minimum atomic E-state index is 0.148. The highest BCUT2D eigenvalue weighted by molar-refractivity contribution is 5.67. The third-order valence-corrected chi connectivity index (χ3v) is 4.15. The van der Waals surface area contributed by atoms with Gasteiger partial charge in [-0.3, -0.25) is 4.90 Å². The van der Waals surface area contributed by atoms with E-state index in [0.717, 1.165) is 25.3 Å². The van der Waals surface area contributed by atoms with E-state index in [-0.39, 0.29) is 6.04 Å². The highest BCUT2D eigenvalue weighted by atomic mass is 16.5. The molecule has 0 radical (unpaired) electrons. The fourth-order valence-corrected chi connectivity index (χ4v) is 2.74. The lowest BCUT2D eigenvalue weighted by atomic mass is 9.98. The van der Waals surface area contributed by atoms with E-state index < -0.39 is 0 Å². The van der Waals surface area contributed by atoms with Gasteiger partial charge in [-0.15, -0.1) is 0 Å². The zero-order valence-corrected chi connectivity index (χ0v) is 13.2. The molecule has 5 heteroatoms. The number of hydrogen-bond acceptors (Lipinski definition) is 5. The van der Waals surface area contributed by atoms with Gasteiger partial charge in [-0.05, 0) is 43.5 Å². The van der Waals surface area contributed by atoms with Crippen molar-refractivity contribution in [3.05, 3.63) is 47.6 Å². The molecule has 0 fully saturated rings. The van der Waals surface area contributed by atoms with Crippen molar-refractivity contribution >= 4 is 5.57 Å². The molecule has 1 aliphatic heterocycles. The summed E-state index contributed by atoms with van der Waals surface area (Å²) in [4.78, 5) is 6.68. The van der Waals surface area contributed by atoms with Crippen molar-refractivity contribution in [1.29, 1.82) is 0 Å². The largest absolute Gasteiger partial charge is 0.497 e. The zero-order chi connectivity index (χ0) is 15.5. The molecule has 1 aromatic carbocycles. The van der Waals surface area contributed by atoms with Gasteiger partial charge in [0.05, 0.1) is 13.2 Å². The molecule has 5 nitrogen and oxygen atoms in total. The minimum absolute atomic E-state index is 0.148. The second kappa shape index (κ2) is 6.32. The minimum Gasteiger partial charge on any atom is -0.497 e. The maximum atomic E-state index is 5.28. The molecule has 3 rings (SSSR count). The van der Waals surface area contributed by atoms with Gasteiger partial charge in [-0.1, -0.05) is 23.4 Å². The summed E-state index contributed by atoms with van der Waals surface area (Å²) >= 11 is 0. The standard InChI is InChI=1S/C17H21N3O2/c1-12(17-18-13(2)19-22-17)20-10-8-15(9-11-20)14-4-6-16(21-3)7-5-14/h4-8,12H,9-11H2,1-3H3/t12-/m0/s1. The summed E-state index contributed by atoms with van der Waals surface area (Å²) in [6.07, 6.45) is 3.30. The number of aromatic nitrogens is 2. The Morgan fingerprint density at radius 3 is 2.59 bits per heavy atom. The first-order valence-electron chi connectivity index (χ1n) is 7.55. The molecule has 0 N–H and O–H groups in total. The Balaban J connectivity index is 1.68. The predicted octanol–water partition coefficient (Wildman–Crippen LogP) is 3.24. The lowest BCUT2D eigenvalue weighted by Crippen LogP contribution is -2.31. The normalized spacial score (nSPS) is 17.1. The van der Waals surface area contributed by atoms with E-state index in [9.17, 15) is 0 Å². The Morgan fingerprint density at radius 2 is 2.05 bits per heavy atom. The number of hydrogen-bond donors (Lipinski definition) is 0. The van der Waals surface area contributed by atoms with E-state index in [0.29, 0.717) is 11.7 Å². The molecule has 0 bridgehead atoms. The molecule has 0 saturated carbocycles. The number of rotatable bonds is 4. The molecule has 116 valence electrons. The summed E-state index contributed by atoms with van der Waals surface area (Å²) < 4.78 is 10.5. The van der Waals surface area contributed by atoms with Crippen LogP contribution in [0.3, 0.4) is 0 Å². The molecule has 22 heavy (non-hydrogen) atoms. The zero-order valence-electron chi connectivity index (χ0n) is 13.2. The molecule has 1 aliphatic rings. The second-order valence-corrected chi connectivity index (χ2v) is 5.56. The first kappa shape index (κ1) is 14.8. The van der Waals surface area contributed by atoms with Crippen molar-refractivity contribution in [3.8, 4) is 5.75 Å². The van der Waals surface area contributed by atoms with Gasteiger partial charge >= 0.3 is 0 Å². The van der Waals surface area contributed by atoms with Gasteiger partial charge in [-0.25, -0.2) is 0 Å². The van der Waals surface area contributed by atoms with Gasteiger partial charge in [0, 0.05) is 13.1 Å². The summed E-state index contributed by atoms with van der Waals surface area (Å²) in [6.45, 7) is 5.83. The number of benzene rings is 1. The smallest absolute Gasteiger partial charge is 0.243 e. The van der Waals surface area contributed by atoms with E-state index in [1.165, 1.54) is 11.1 Å². The maximum absolute atomic E-state index is 5.28. The van der Waals surface area contributed by atoms with Crippen LogP contribution in [0.25, 0.3) is 5.57 Å². The Hall–Kier alpha value is -2.14. The first-order chi connectivity index (χ1) is 10.7. The van der Waals surface area contributed by atoms with Gasteiger partial charge in [-0.2, -0.15) is 4.98 Å². The van der Waals surface area contributed by atoms with E-state index in [2.05, 4.69) is 40.2 Å². The monoisotopic (exact) mass is 299 g/mol. The molecule has 0 aliphatic carbocycles. The lowest BCUT2D eigenvalue weighted by molar-refractivity contribution is 0.189. The van der Waals surface area contributed by atoms with Crippen LogP contribution in [0.15, 0.2) is 34.9 Å². The van der Waals surface area contributed by atoms with Gasteiger partial charge in [0.2, 0.25) is 5.89 Å². The van der Waals surface area contributed by atoms with Crippen molar-refractivity contribution in [2.45, 2.75) is 26.3 Å². The summed E-state index contributed by atoms with van der Waals surface area (Å²) in [5.74, 6) is 2.27. The van der Waals surface area contributed by atoms with E-state index >= 15 is 0 Å². The van der Waals surface area contributed by atoms with Crippen molar-refractivity contribution in [2.75, 3.05) is 20.2 Å². The Bertz CT molecular complexity index is 661.